The number of pyridine rings is 1. The maximum atomic E-state index is 13.0. The summed E-state index contributed by atoms with van der Waals surface area (Å²) < 4.78 is 45.0. The average molecular weight is 495 g/mol. The number of carbonyl (C=O) groups is 1. The van der Waals surface area contributed by atoms with Crippen molar-refractivity contribution in [3.05, 3.63) is 87.8 Å². The van der Waals surface area contributed by atoms with Crippen LogP contribution in [0.15, 0.2) is 66.1 Å². The topological polar surface area (TPSA) is 112 Å². The van der Waals surface area contributed by atoms with Crippen LogP contribution in [-0.2, 0) is 6.18 Å². The first-order valence-electron chi connectivity index (χ1n) is 10.6. The lowest BCUT2D eigenvalue weighted by molar-refractivity contribution is -0.137. The molecule has 2 aromatic heterocycles. The van der Waals surface area contributed by atoms with E-state index in [0.717, 1.165) is 12.1 Å². The van der Waals surface area contributed by atoms with E-state index in [0.29, 0.717) is 38.8 Å². The quantitative estimate of drug-likeness (QED) is 0.327. The van der Waals surface area contributed by atoms with Crippen LogP contribution < -0.4 is 31.5 Å². The average Bonchev–Trinajstić information content (AvgIpc) is 3.21. The summed E-state index contributed by atoms with van der Waals surface area (Å²) in [6, 6.07) is 8.40. The van der Waals surface area contributed by atoms with Gasteiger partial charge in [-0.15, -0.1) is 0 Å². The number of nitrogens with one attached hydrogen (secondary N) is 4. The van der Waals surface area contributed by atoms with Crippen molar-refractivity contribution in [3.8, 4) is 11.5 Å². The summed E-state index contributed by atoms with van der Waals surface area (Å²) in [7, 11) is 0. The summed E-state index contributed by atoms with van der Waals surface area (Å²) in [5.41, 5.74) is -0.210. The molecule has 4 rings (SSSR count). The van der Waals surface area contributed by atoms with Crippen LogP contribution in [-0.4, -0.2) is 21.0 Å². The Labute approximate surface area is 201 Å². The summed E-state index contributed by atoms with van der Waals surface area (Å²) in [6.07, 6.45) is 1.92. The van der Waals surface area contributed by atoms with Gasteiger partial charge in [-0.3, -0.25) is 4.98 Å². The van der Waals surface area contributed by atoms with Crippen molar-refractivity contribution in [2.45, 2.75) is 13.1 Å². The molecule has 2 aromatic carbocycles. The molecular weight excluding hydrogens is 475 g/mol. The van der Waals surface area contributed by atoms with E-state index in [9.17, 15) is 22.8 Å². The number of aromatic amines is 2. The molecular formula is C25H20F3N5O3. The number of amides is 2. The predicted molar refractivity (Wildman–Crippen MR) is 131 cm³/mol. The molecule has 4 N–H and O–H groups in total. The maximum Gasteiger partial charge on any atom is 0.416 e. The Morgan fingerprint density at radius 1 is 1.08 bits per heavy atom. The second kappa shape index (κ2) is 9.82. The van der Waals surface area contributed by atoms with Crippen LogP contribution in [0.1, 0.15) is 12.5 Å². The van der Waals surface area contributed by atoms with Crippen molar-refractivity contribution < 1.29 is 22.7 Å². The van der Waals surface area contributed by atoms with Gasteiger partial charge in [0.15, 0.2) is 11.4 Å². The molecule has 0 aliphatic heterocycles. The Kier molecular flexibility index (Phi) is 6.64. The fourth-order valence-electron chi connectivity index (χ4n) is 3.59. The summed E-state index contributed by atoms with van der Waals surface area (Å²) in [5, 5.41) is 6.23. The third kappa shape index (κ3) is 5.14. The van der Waals surface area contributed by atoms with Gasteiger partial charge in [-0.25, -0.2) is 14.6 Å². The molecule has 0 aliphatic rings. The normalized spacial score (nSPS) is 12.6. The minimum absolute atomic E-state index is 0.00983. The number of hydrogen-bond acceptors (Lipinski definition) is 4. The zero-order valence-corrected chi connectivity index (χ0v) is 18.9. The monoisotopic (exact) mass is 495 g/mol. The van der Waals surface area contributed by atoms with E-state index < -0.39 is 23.5 Å². The highest BCUT2D eigenvalue weighted by Gasteiger charge is 2.30. The third-order valence-corrected chi connectivity index (χ3v) is 5.12. The van der Waals surface area contributed by atoms with Crippen LogP contribution in [0.5, 0.6) is 11.5 Å². The maximum absolute atomic E-state index is 13.0. The lowest BCUT2D eigenvalue weighted by atomic mass is 10.1. The number of fused-ring (bicyclic) bond motifs is 1. The second-order valence-corrected chi connectivity index (χ2v) is 7.50. The minimum atomic E-state index is -4.53. The van der Waals surface area contributed by atoms with E-state index in [4.69, 9.17) is 4.74 Å². The van der Waals surface area contributed by atoms with Crippen LogP contribution in [0.2, 0.25) is 0 Å². The van der Waals surface area contributed by atoms with Crippen molar-refractivity contribution in [1.29, 1.82) is 0 Å². The first-order valence-corrected chi connectivity index (χ1v) is 10.6. The molecule has 36 heavy (non-hydrogen) atoms. The number of ether oxygens (including phenoxy) is 1. The Balaban J connectivity index is 1.65. The predicted octanol–water partition coefficient (Wildman–Crippen LogP) is 4.47. The number of anilines is 2. The van der Waals surface area contributed by atoms with Gasteiger partial charge in [-0.05, 0) is 37.3 Å². The highest BCUT2D eigenvalue weighted by molar-refractivity contribution is 6.00. The SMILES string of the molecule is C=C/C=c1/c(Oc2ccnc3[nH]c(=O)[nH]c23)ccc(NC(=O)Nc2cccc(C(F)(F)F)c2)/c1=C/C. The molecule has 2 heterocycles. The summed E-state index contributed by atoms with van der Waals surface area (Å²) in [5.74, 6) is 0.753. The van der Waals surface area contributed by atoms with E-state index >= 15 is 0 Å². The molecule has 0 bridgehead atoms. The lowest BCUT2D eigenvalue weighted by Crippen LogP contribution is -2.32. The molecule has 2 amide bonds. The molecule has 4 aromatic rings. The second-order valence-electron chi connectivity index (χ2n) is 7.50. The van der Waals surface area contributed by atoms with Gasteiger partial charge in [0.25, 0.3) is 0 Å². The van der Waals surface area contributed by atoms with E-state index in [1.165, 1.54) is 18.3 Å². The van der Waals surface area contributed by atoms with Crippen molar-refractivity contribution in [2.75, 3.05) is 10.6 Å². The highest BCUT2D eigenvalue weighted by Crippen LogP contribution is 2.30. The Morgan fingerprint density at radius 3 is 2.61 bits per heavy atom. The first-order chi connectivity index (χ1) is 17.2. The largest absolute Gasteiger partial charge is 0.454 e. The molecule has 8 nitrogen and oxygen atoms in total. The van der Waals surface area contributed by atoms with E-state index in [1.807, 2.05) is 0 Å². The Bertz CT molecular complexity index is 1640. The smallest absolute Gasteiger partial charge is 0.416 e. The third-order valence-electron chi connectivity index (χ3n) is 5.12. The minimum Gasteiger partial charge on any atom is -0.454 e. The molecule has 0 saturated heterocycles. The molecule has 0 atom stereocenters. The van der Waals surface area contributed by atoms with Crippen molar-refractivity contribution in [1.82, 2.24) is 15.0 Å². The molecule has 11 heteroatoms. The number of hydrogen-bond donors (Lipinski definition) is 4. The number of H-pyrrole nitrogens is 2. The number of urea groups is 1. The molecule has 0 fully saturated rings. The van der Waals surface area contributed by atoms with E-state index in [1.54, 1.807) is 43.4 Å². The number of benzene rings is 2. The molecule has 184 valence electrons. The van der Waals surface area contributed by atoms with E-state index in [2.05, 4.69) is 32.2 Å². The zero-order chi connectivity index (χ0) is 25.9. The van der Waals surface area contributed by atoms with Crippen molar-refractivity contribution >= 4 is 40.7 Å². The number of rotatable bonds is 5. The van der Waals surface area contributed by atoms with Crippen LogP contribution in [0.4, 0.5) is 29.3 Å². The van der Waals surface area contributed by atoms with Crippen LogP contribution in [0.3, 0.4) is 0 Å². The number of allylic oxidation sites excluding steroid dienone is 1. The summed E-state index contributed by atoms with van der Waals surface area (Å²) in [4.78, 5) is 33.5. The van der Waals surface area contributed by atoms with Crippen LogP contribution in [0.25, 0.3) is 23.3 Å². The number of alkyl halides is 3. The van der Waals surface area contributed by atoms with Gasteiger partial charge in [0.05, 0.1) is 11.3 Å². The van der Waals surface area contributed by atoms with Crippen molar-refractivity contribution in [2.24, 2.45) is 0 Å². The van der Waals surface area contributed by atoms with Gasteiger partial charge in [-0.1, -0.05) is 30.9 Å². The summed E-state index contributed by atoms with van der Waals surface area (Å²) >= 11 is 0. The van der Waals surface area contributed by atoms with Crippen LogP contribution in [0, 0.1) is 0 Å². The number of imidazole rings is 1. The Hall–Kier alpha value is -4.80. The van der Waals surface area contributed by atoms with E-state index in [-0.39, 0.29) is 5.69 Å². The molecule has 0 unspecified atom stereocenters. The van der Waals surface area contributed by atoms with Gasteiger partial charge in [0.2, 0.25) is 0 Å². The fourth-order valence-corrected chi connectivity index (χ4v) is 3.59. The van der Waals surface area contributed by atoms with Gasteiger partial charge < -0.3 is 20.4 Å². The number of halogens is 3. The van der Waals surface area contributed by atoms with Gasteiger partial charge >= 0.3 is 17.9 Å². The number of aromatic nitrogens is 3. The molecule has 0 spiro atoms. The number of carbonyl (C=O) groups excluding carboxylic acids is 1. The van der Waals surface area contributed by atoms with Gasteiger partial charge in [-0.2, -0.15) is 13.2 Å². The van der Waals surface area contributed by atoms with Crippen LogP contribution >= 0.6 is 0 Å². The highest BCUT2D eigenvalue weighted by atomic mass is 19.4. The van der Waals surface area contributed by atoms with Gasteiger partial charge in [0.1, 0.15) is 11.3 Å². The first kappa shape index (κ1) is 24.3. The molecule has 0 radical (unpaired) electrons. The van der Waals surface area contributed by atoms with Crippen molar-refractivity contribution in [3.63, 3.8) is 0 Å². The standard InChI is InChI=1S/C25H20F3N5O3/c1-3-6-17-16(4-2)18(31-23(34)30-15-8-5-7-14(13-15)25(26,27)28)9-10-19(17)36-20-11-12-29-22-21(20)32-24(35)33-22/h3-13H,1H2,2H3,(H2,30,31,34)(H2,29,32,33,35)/b16-4+,17-6+. The molecule has 0 saturated carbocycles. The zero-order valence-electron chi connectivity index (χ0n) is 18.9. The Morgan fingerprint density at radius 2 is 1.89 bits per heavy atom. The molecule has 0 aliphatic carbocycles. The number of nitrogens with zero attached hydrogens (tertiary/aromatic N) is 1. The summed E-state index contributed by atoms with van der Waals surface area (Å²) in [6.45, 7) is 5.48. The van der Waals surface area contributed by atoms with Gasteiger partial charge in [0, 0.05) is 28.4 Å². The fraction of sp³-hybridized carbons (Fsp3) is 0.0800. The lowest BCUT2D eigenvalue weighted by Gasteiger charge is -2.13.